The molecule has 1 saturated heterocycles. The Labute approximate surface area is 169 Å². The highest BCUT2D eigenvalue weighted by atomic mass is 19.1. The van der Waals surface area contributed by atoms with Gasteiger partial charge in [-0.25, -0.2) is 4.39 Å². The maximum atomic E-state index is 14.3. The van der Waals surface area contributed by atoms with Crippen molar-refractivity contribution >= 4 is 5.97 Å². The number of piperidine rings is 1. The summed E-state index contributed by atoms with van der Waals surface area (Å²) in [6.45, 7) is 0.557. The Kier molecular flexibility index (Phi) is 6.59. The molecule has 3 rings (SSSR count). The Morgan fingerprint density at radius 1 is 1.07 bits per heavy atom. The lowest BCUT2D eigenvalue weighted by atomic mass is 9.90. The Hall–Kier alpha value is -2.80. The van der Waals surface area contributed by atoms with Gasteiger partial charge in [-0.2, -0.15) is 0 Å². The minimum Gasteiger partial charge on any atom is -0.496 e. The van der Waals surface area contributed by atoms with Gasteiger partial charge in [0.25, 0.3) is 0 Å². The second kappa shape index (κ2) is 9.13. The van der Waals surface area contributed by atoms with E-state index in [9.17, 15) is 14.3 Å². The zero-order chi connectivity index (χ0) is 21.0. The maximum absolute atomic E-state index is 14.3. The van der Waals surface area contributed by atoms with Crippen molar-refractivity contribution in [3.8, 4) is 17.2 Å². The third-order valence-electron chi connectivity index (χ3n) is 5.38. The first-order valence-corrected chi connectivity index (χ1v) is 9.54. The topological polar surface area (TPSA) is 68.2 Å². The molecule has 2 aromatic carbocycles. The first-order valence-electron chi connectivity index (χ1n) is 9.54. The van der Waals surface area contributed by atoms with Gasteiger partial charge >= 0.3 is 5.97 Å². The van der Waals surface area contributed by atoms with Gasteiger partial charge in [-0.1, -0.05) is 18.6 Å². The van der Waals surface area contributed by atoms with Gasteiger partial charge in [-0.3, -0.25) is 9.69 Å². The molecule has 1 aliphatic heterocycles. The number of hydrogen-bond donors (Lipinski definition) is 1. The highest BCUT2D eigenvalue weighted by molar-refractivity contribution is 5.74. The van der Waals surface area contributed by atoms with Crippen LogP contribution in [0, 0.1) is 5.82 Å². The minimum absolute atomic E-state index is 0.420. The molecule has 0 aliphatic carbocycles. The van der Waals surface area contributed by atoms with Crippen molar-refractivity contribution in [1.82, 2.24) is 4.90 Å². The normalized spacial score (nSPS) is 18.1. The van der Waals surface area contributed by atoms with Crippen molar-refractivity contribution in [2.45, 2.75) is 31.3 Å². The second-order valence-electron chi connectivity index (χ2n) is 6.96. The number of benzene rings is 2. The number of nitrogens with zero attached hydrogens (tertiary/aromatic N) is 1. The van der Waals surface area contributed by atoms with Crippen molar-refractivity contribution in [2.24, 2.45) is 0 Å². The first kappa shape index (κ1) is 20.9. The molecule has 0 saturated carbocycles. The van der Waals surface area contributed by atoms with Gasteiger partial charge in [-0.15, -0.1) is 0 Å². The summed E-state index contributed by atoms with van der Waals surface area (Å²) in [7, 11) is 4.59. The van der Waals surface area contributed by atoms with Crippen LogP contribution in [0.5, 0.6) is 17.2 Å². The third-order valence-corrected chi connectivity index (χ3v) is 5.38. The highest BCUT2D eigenvalue weighted by Crippen LogP contribution is 2.44. The molecule has 2 atom stereocenters. The van der Waals surface area contributed by atoms with Crippen LogP contribution in [0.1, 0.15) is 36.4 Å². The number of rotatable bonds is 7. The van der Waals surface area contributed by atoms with Gasteiger partial charge in [0.1, 0.15) is 17.6 Å². The average molecular weight is 403 g/mol. The van der Waals surface area contributed by atoms with Crippen LogP contribution < -0.4 is 14.2 Å². The highest BCUT2D eigenvalue weighted by Gasteiger charge is 2.38. The molecule has 7 heteroatoms. The van der Waals surface area contributed by atoms with Crippen LogP contribution >= 0.6 is 0 Å². The third kappa shape index (κ3) is 4.15. The van der Waals surface area contributed by atoms with Crippen LogP contribution in [-0.4, -0.2) is 49.9 Å². The quantitative estimate of drug-likeness (QED) is 0.757. The van der Waals surface area contributed by atoms with Crippen molar-refractivity contribution in [3.05, 3.63) is 53.3 Å². The van der Waals surface area contributed by atoms with E-state index in [0.717, 1.165) is 12.8 Å². The fraction of sp³-hybridized carbons (Fsp3) is 0.409. The zero-order valence-electron chi connectivity index (χ0n) is 16.9. The molecule has 0 bridgehead atoms. The first-order chi connectivity index (χ1) is 14.0. The molecule has 0 aromatic heterocycles. The average Bonchev–Trinajstić information content (AvgIpc) is 2.74. The van der Waals surface area contributed by atoms with Gasteiger partial charge < -0.3 is 19.3 Å². The molecule has 156 valence electrons. The van der Waals surface area contributed by atoms with Crippen LogP contribution in [0.3, 0.4) is 0 Å². The Morgan fingerprint density at radius 3 is 2.48 bits per heavy atom. The van der Waals surface area contributed by atoms with E-state index in [1.54, 1.807) is 19.2 Å². The summed E-state index contributed by atoms with van der Waals surface area (Å²) in [4.78, 5) is 13.9. The van der Waals surface area contributed by atoms with Crippen LogP contribution in [0.15, 0.2) is 36.4 Å². The van der Waals surface area contributed by atoms with E-state index in [1.165, 1.54) is 26.4 Å². The summed E-state index contributed by atoms with van der Waals surface area (Å²) < 4.78 is 30.8. The maximum Gasteiger partial charge on any atom is 0.320 e. The molecule has 2 aromatic rings. The standard InChI is InChI=1S/C22H26FNO5/c1-27-18-11-10-14(23)13-16(18)20(24-12-5-4-8-17(24)22(25)26)15-7-6-9-19(28-2)21(15)29-3/h6-7,9-11,13,17,20H,4-5,8,12H2,1-3H3,(H,25,26). The van der Waals surface area contributed by atoms with Crippen LogP contribution in [-0.2, 0) is 4.79 Å². The molecular formula is C22H26FNO5. The summed E-state index contributed by atoms with van der Waals surface area (Å²) in [5.41, 5.74) is 1.25. The lowest BCUT2D eigenvalue weighted by Crippen LogP contribution is -2.47. The molecule has 1 aliphatic rings. The number of ether oxygens (including phenoxy) is 3. The number of para-hydroxylation sites is 1. The molecule has 6 nitrogen and oxygen atoms in total. The van der Waals surface area contributed by atoms with Crippen molar-refractivity contribution in [1.29, 1.82) is 0 Å². The van der Waals surface area contributed by atoms with E-state index in [2.05, 4.69) is 0 Å². The van der Waals surface area contributed by atoms with Gasteiger partial charge in [0.15, 0.2) is 11.5 Å². The number of aliphatic carboxylic acids is 1. The molecule has 0 amide bonds. The number of hydrogen-bond acceptors (Lipinski definition) is 5. The molecule has 1 heterocycles. The predicted octanol–water partition coefficient (Wildman–Crippen LogP) is 3.88. The van der Waals surface area contributed by atoms with E-state index in [0.29, 0.717) is 41.3 Å². The number of halogens is 1. The Morgan fingerprint density at radius 2 is 1.83 bits per heavy atom. The predicted molar refractivity (Wildman–Crippen MR) is 106 cm³/mol. The van der Waals surface area contributed by atoms with Crippen molar-refractivity contribution in [3.63, 3.8) is 0 Å². The lowest BCUT2D eigenvalue weighted by Gasteiger charge is -2.40. The number of carboxylic acid groups (broad SMARTS) is 1. The smallest absolute Gasteiger partial charge is 0.320 e. The summed E-state index contributed by atoms with van der Waals surface area (Å²) >= 11 is 0. The fourth-order valence-corrected chi connectivity index (χ4v) is 4.10. The van der Waals surface area contributed by atoms with E-state index < -0.39 is 23.9 Å². The SMILES string of the molecule is COc1ccc(F)cc1C(c1cccc(OC)c1OC)N1CCCCC1C(=O)O. The van der Waals surface area contributed by atoms with Crippen LogP contribution in [0.2, 0.25) is 0 Å². The fourth-order valence-electron chi connectivity index (χ4n) is 4.10. The molecule has 29 heavy (non-hydrogen) atoms. The number of likely N-dealkylation sites (tertiary alicyclic amines) is 1. The van der Waals surface area contributed by atoms with Crippen LogP contribution in [0.25, 0.3) is 0 Å². The largest absolute Gasteiger partial charge is 0.496 e. The molecular weight excluding hydrogens is 377 g/mol. The Balaban J connectivity index is 2.26. The summed E-state index contributed by atoms with van der Waals surface area (Å²) in [5.74, 6) is 0.176. The van der Waals surface area contributed by atoms with Gasteiger partial charge in [0.05, 0.1) is 27.4 Å². The van der Waals surface area contributed by atoms with Crippen LogP contribution in [0.4, 0.5) is 4.39 Å². The van der Waals surface area contributed by atoms with Gasteiger partial charge in [-0.05, 0) is 43.7 Å². The van der Waals surface area contributed by atoms with Gasteiger partial charge in [0, 0.05) is 11.1 Å². The van der Waals surface area contributed by atoms with Crippen molar-refractivity contribution < 1.29 is 28.5 Å². The van der Waals surface area contributed by atoms with E-state index in [4.69, 9.17) is 14.2 Å². The van der Waals surface area contributed by atoms with E-state index in [-0.39, 0.29) is 0 Å². The van der Waals surface area contributed by atoms with Crippen molar-refractivity contribution in [2.75, 3.05) is 27.9 Å². The van der Waals surface area contributed by atoms with E-state index in [1.807, 2.05) is 17.0 Å². The zero-order valence-corrected chi connectivity index (χ0v) is 16.9. The molecule has 1 fully saturated rings. The Bertz CT molecular complexity index is 872. The second-order valence-corrected chi connectivity index (χ2v) is 6.96. The van der Waals surface area contributed by atoms with Gasteiger partial charge in [0.2, 0.25) is 0 Å². The number of methoxy groups -OCH3 is 3. The molecule has 0 spiro atoms. The summed E-state index contributed by atoms with van der Waals surface area (Å²) in [5, 5.41) is 9.86. The number of carboxylic acids is 1. The molecule has 0 radical (unpaired) electrons. The number of carbonyl (C=O) groups is 1. The molecule has 1 N–H and O–H groups in total. The lowest BCUT2D eigenvalue weighted by molar-refractivity contribution is -0.145. The summed E-state index contributed by atoms with van der Waals surface area (Å²) in [6, 6.07) is 8.45. The minimum atomic E-state index is -0.896. The summed E-state index contributed by atoms with van der Waals surface area (Å²) in [6.07, 6.45) is 2.20. The van der Waals surface area contributed by atoms with E-state index >= 15 is 0 Å². The monoisotopic (exact) mass is 403 g/mol. The molecule has 2 unspecified atom stereocenters.